The number of aromatic amines is 1. The maximum Gasteiger partial charge on any atom is 0.204 e. The lowest BCUT2D eigenvalue weighted by atomic mass is 10.3. The lowest BCUT2D eigenvalue weighted by molar-refractivity contribution is 0.629. The molecule has 2 rings (SSSR count). The van der Waals surface area contributed by atoms with Crippen LogP contribution in [0.1, 0.15) is 5.69 Å². The molecule has 1 aromatic carbocycles. The summed E-state index contributed by atoms with van der Waals surface area (Å²) in [6.07, 6.45) is 1.69. The summed E-state index contributed by atoms with van der Waals surface area (Å²) in [6, 6.07) is 4.50. The van der Waals surface area contributed by atoms with Crippen LogP contribution in [0.4, 0.5) is 16.0 Å². The van der Waals surface area contributed by atoms with Crippen molar-refractivity contribution in [2.24, 2.45) is 0 Å². The predicted molar refractivity (Wildman–Crippen MR) is 58.0 cm³/mol. The van der Waals surface area contributed by atoms with Crippen molar-refractivity contribution in [3.05, 3.63) is 40.9 Å². The number of nitrogens with zero attached hydrogens (tertiary/aromatic N) is 1. The standard InChI is InChI=1S/C10H9ClFN3/c1-6-5-13-10(14-6)15-7-2-3-8(11)9(12)4-7/h2-5H,1H3,(H2,13,14,15). The van der Waals surface area contributed by atoms with E-state index in [1.54, 1.807) is 12.3 Å². The molecule has 2 N–H and O–H groups in total. The molecule has 0 saturated carbocycles. The fraction of sp³-hybridized carbons (Fsp3) is 0.100. The van der Waals surface area contributed by atoms with Gasteiger partial charge in [0, 0.05) is 17.6 Å². The first kappa shape index (κ1) is 9.98. The van der Waals surface area contributed by atoms with E-state index in [2.05, 4.69) is 15.3 Å². The van der Waals surface area contributed by atoms with Crippen molar-refractivity contribution in [2.45, 2.75) is 6.92 Å². The van der Waals surface area contributed by atoms with Crippen LogP contribution >= 0.6 is 11.6 Å². The van der Waals surface area contributed by atoms with E-state index in [1.165, 1.54) is 12.1 Å². The number of aromatic nitrogens is 2. The fourth-order valence-corrected chi connectivity index (χ4v) is 1.30. The zero-order valence-electron chi connectivity index (χ0n) is 8.01. The molecular formula is C10H9ClFN3. The molecule has 0 amide bonds. The van der Waals surface area contributed by atoms with Gasteiger partial charge < -0.3 is 10.3 Å². The molecule has 2 aromatic rings. The molecule has 1 heterocycles. The Balaban J connectivity index is 2.21. The van der Waals surface area contributed by atoms with Crippen LogP contribution < -0.4 is 5.32 Å². The zero-order chi connectivity index (χ0) is 10.8. The van der Waals surface area contributed by atoms with Gasteiger partial charge in [-0.2, -0.15) is 0 Å². The van der Waals surface area contributed by atoms with Crippen LogP contribution in [0.25, 0.3) is 0 Å². The van der Waals surface area contributed by atoms with Gasteiger partial charge in [0.25, 0.3) is 0 Å². The second-order valence-corrected chi connectivity index (χ2v) is 3.58. The van der Waals surface area contributed by atoms with Gasteiger partial charge in [0.05, 0.1) is 5.02 Å². The highest BCUT2D eigenvalue weighted by Crippen LogP contribution is 2.20. The highest BCUT2D eigenvalue weighted by molar-refractivity contribution is 6.30. The first-order chi connectivity index (χ1) is 7.15. The second-order valence-electron chi connectivity index (χ2n) is 3.17. The molecule has 5 heteroatoms. The zero-order valence-corrected chi connectivity index (χ0v) is 8.77. The average molecular weight is 226 g/mol. The van der Waals surface area contributed by atoms with Crippen molar-refractivity contribution in [3.8, 4) is 0 Å². The molecule has 0 aliphatic carbocycles. The summed E-state index contributed by atoms with van der Waals surface area (Å²) in [7, 11) is 0. The molecular weight excluding hydrogens is 217 g/mol. The Kier molecular flexibility index (Phi) is 2.60. The molecule has 0 unspecified atom stereocenters. The fourth-order valence-electron chi connectivity index (χ4n) is 1.19. The number of benzene rings is 1. The van der Waals surface area contributed by atoms with Gasteiger partial charge in [-0.15, -0.1) is 0 Å². The number of halogens is 2. The predicted octanol–water partition coefficient (Wildman–Crippen LogP) is 3.25. The number of nitrogens with one attached hydrogen (secondary N) is 2. The summed E-state index contributed by atoms with van der Waals surface area (Å²) >= 11 is 5.56. The third kappa shape index (κ3) is 2.27. The largest absolute Gasteiger partial charge is 0.328 e. The van der Waals surface area contributed by atoms with Crippen molar-refractivity contribution in [2.75, 3.05) is 5.32 Å². The van der Waals surface area contributed by atoms with E-state index < -0.39 is 5.82 Å². The van der Waals surface area contributed by atoms with E-state index in [0.29, 0.717) is 11.6 Å². The van der Waals surface area contributed by atoms with Crippen molar-refractivity contribution < 1.29 is 4.39 Å². The number of aryl methyl sites for hydroxylation is 1. The van der Waals surface area contributed by atoms with Crippen LogP contribution in [-0.4, -0.2) is 9.97 Å². The third-order valence-corrected chi connectivity index (χ3v) is 2.19. The Labute approximate surface area is 91.3 Å². The minimum Gasteiger partial charge on any atom is -0.328 e. The molecule has 3 nitrogen and oxygen atoms in total. The summed E-state index contributed by atoms with van der Waals surface area (Å²) in [6.45, 7) is 1.89. The van der Waals surface area contributed by atoms with E-state index in [9.17, 15) is 4.39 Å². The van der Waals surface area contributed by atoms with Crippen molar-refractivity contribution in [1.29, 1.82) is 0 Å². The van der Waals surface area contributed by atoms with Gasteiger partial charge in [-0.3, -0.25) is 0 Å². The summed E-state index contributed by atoms with van der Waals surface area (Å²) in [5, 5.41) is 3.04. The Morgan fingerprint density at radius 1 is 1.47 bits per heavy atom. The molecule has 0 bridgehead atoms. The molecule has 1 aromatic heterocycles. The smallest absolute Gasteiger partial charge is 0.204 e. The number of imidazole rings is 1. The maximum absolute atomic E-state index is 13.1. The van der Waals surface area contributed by atoms with Gasteiger partial charge in [0.15, 0.2) is 0 Å². The van der Waals surface area contributed by atoms with E-state index in [1.807, 2.05) is 6.92 Å². The molecule has 0 atom stereocenters. The van der Waals surface area contributed by atoms with Crippen LogP contribution in [0.15, 0.2) is 24.4 Å². The topological polar surface area (TPSA) is 40.7 Å². The van der Waals surface area contributed by atoms with Crippen LogP contribution in [0.3, 0.4) is 0 Å². The Bertz CT molecular complexity index is 481. The van der Waals surface area contributed by atoms with Crippen LogP contribution in [-0.2, 0) is 0 Å². The van der Waals surface area contributed by atoms with E-state index in [4.69, 9.17) is 11.6 Å². The number of hydrogen-bond donors (Lipinski definition) is 2. The van der Waals surface area contributed by atoms with Crippen molar-refractivity contribution >= 4 is 23.2 Å². The van der Waals surface area contributed by atoms with E-state index >= 15 is 0 Å². The number of anilines is 2. The second kappa shape index (κ2) is 3.90. The van der Waals surface area contributed by atoms with Crippen LogP contribution in [0, 0.1) is 12.7 Å². The molecule has 0 radical (unpaired) electrons. The maximum atomic E-state index is 13.1. The Morgan fingerprint density at radius 2 is 2.27 bits per heavy atom. The monoisotopic (exact) mass is 225 g/mol. The van der Waals surface area contributed by atoms with Crippen molar-refractivity contribution in [3.63, 3.8) is 0 Å². The van der Waals surface area contributed by atoms with Gasteiger partial charge in [-0.25, -0.2) is 9.37 Å². The molecule has 0 aliphatic heterocycles. The highest BCUT2D eigenvalue weighted by atomic mass is 35.5. The molecule has 15 heavy (non-hydrogen) atoms. The normalized spacial score (nSPS) is 10.3. The quantitative estimate of drug-likeness (QED) is 0.824. The lowest BCUT2D eigenvalue weighted by Crippen LogP contribution is -1.93. The van der Waals surface area contributed by atoms with Crippen LogP contribution in [0.2, 0.25) is 5.02 Å². The van der Waals surface area contributed by atoms with E-state index in [-0.39, 0.29) is 5.02 Å². The Hall–Kier alpha value is -1.55. The van der Waals surface area contributed by atoms with Gasteiger partial charge in [0.1, 0.15) is 5.82 Å². The minimum absolute atomic E-state index is 0.108. The van der Waals surface area contributed by atoms with E-state index in [0.717, 1.165) is 5.69 Å². The minimum atomic E-state index is -0.454. The summed E-state index contributed by atoms with van der Waals surface area (Å²) < 4.78 is 13.1. The molecule has 0 spiro atoms. The van der Waals surface area contributed by atoms with Crippen molar-refractivity contribution in [1.82, 2.24) is 9.97 Å². The summed E-state index contributed by atoms with van der Waals surface area (Å²) in [5.74, 6) is 0.124. The third-order valence-electron chi connectivity index (χ3n) is 1.89. The number of H-pyrrole nitrogens is 1. The lowest BCUT2D eigenvalue weighted by Gasteiger charge is -2.03. The van der Waals surface area contributed by atoms with Gasteiger partial charge in [0.2, 0.25) is 5.95 Å². The molecule has 0 saturated heterocycles. The molecule has 78 valence electrons. The van der Waals surface area contributed by atoms with Gasteiger partial charge >= 0.3 is 0 Å². The summed E-state index contributed by atoms with van der Waals surface area (Å²) in [4.78, 5) is 7.02. The van der Waals surface area contributed by atoms with Gasteiger partial charge in [-0.05, 0) is 25.1 Å². The first-order valence-electron chi connectivity index (χ1n) is 4.39. The first-order valence-corrected chi connectivity index (χ1v) is 4.76. The molecule has 0 fully saturated rings. The average Bonchev–Trinajstić information content (AvgIpc) is 2.58. The number of hydrogen-bond acceptors (Lipinski definition) is 2. The highest BCUT2D eigenvalue weighted by Gasteiger charge is 2.02. The number of rotatable bonds is 2. The van der Waals surface area contributed by atoms with Crippen LogP contribution in [0.5, 0.6) is 0 Å². The summed E-state index contributed by atoms with van der Waals surface area (Å²) in [5.41, 5.74) is 1.54. The SMILES string of the molecule is Cc1cnc(Nc2ccc(Cl)c(F)c2)[nH]1. The Morgan fingerprint density at radius 3 is 2.87 bits per heavy atom. The molecule has 0 aliphatic rings. The van der Waals surface area contributed by atoms with Gasteiger partial charge in [-0.1, -0.05) is 11.6 Å².